The summed E-state index contributed by atoms with van der Waals surface area (Å²) in [6.07, 6.45) is 0.933. The second-order valence-corrected chi connectivity index (χ2v) is 2.73. The maximum absolute atomic E-state index is 10.4. The summed E-state index contributed by atoms with van der Waals surface area (Å²) >= 11 is 0. The molecule has 2 aromatic rings. The molecular weight excluding hydrogens is 200 g/mol. The molecule has 3 N–H and O–H groups in total. The molecule has 0 atom stereocenters. The van der Waals surface area contributed by atoms with Crippen LogP contribution in [0.3, 0.4) is 0 Å². The van der Waals surface area contributed by atoms with Gasteiger partial charge in [0, 0.05) is 0 Å². The van der Waals surface area contributed by atoms with Gasteiger partial charge in [-0.1, -0.05) is 0 Å². The molecule has 2 heterocycles. The summed E-state index contributed by atoms with van der Waals surface area (Å²) in [6, 6.07) is 0. The van der Waals surface area contributed by atoms with Crippen LogP contribution >= 0.6 is 0 Å². The van der Waals surface area contributed by atoms with Crippen molar-refractivity contribution in [1.82, 2.24) is 25.1 Å². The maximum atomic E-state index is 10.4. The van der Waals surface area contributed by atoms with Crippen molar-refractivity contribution < 1.29 is 9.90 Å². The predicted molar refractivity (Wildman–Crippen MR) is 48.7 cm³/mol. The van der Waals surface area contributed by atoms with E-state index in [0.29, 0.717) is 0 Å². The van der Waals surface area contributed by atoms with Crippen LogP contribution in [0, 0.1) is 0 Å². The number of hydrogen-bond acceptors (Lipinski definition) is 7. The highest BCUT2D eigenvalue weighted by Gasteiger charge is 2.08. The molecule has 76 valence electrons. The molecule has 0 amide bonds. The fourth-order valence-corrected chi connectivity index (χ4v) is 1.03. The third kappa shape index (κ3) is 1.77. The number of anilines is 1. The zero-order valence-corrected chi connectivity index (χ0v) is 7.45. The molecule has 0 spiro atoms. The van der Waals surface area contributed by atoms with Crippen molar-refractivity contribution in [2.75, 3.05) is 5.73 Å². The molecule has 0 bridgehead atoms. The van der Waals surface area contributed by atoms with E-state index in [1.165, 1.54) is 6.33 Å². The largest absolute Gasteiger partial charge is 0.481 e. The number of carbonyl (C=O) groups is 1. The molecule has 8 heteroatoms. The highest BCUT2D eigenvalue weighted by molar-refractivity contribution is 5.80. The number of aromatic nitrogens is 5. The zero-order chi connectivity index (χ0) is 10.8. The highest BCUT2D eigenvalue weighted by Crippen LogP contribution is 2.09. The van der Waals surface area contributed by atoms with Gasteiger partial charge >= 0.3 is 5.97 Å². The number of carboxylic acid groups (broad SMARTS) is 1. The van der Waals surface area contributed by atoms with Crippen LogP contribution in [0.1, 0.15) is 5.82 Å². The fourth-order valence-electron chi connectivity index (χ4n) is 1.03. The molecule has 0 aliphatic carbocycles. The quantitative estimate of drug-likeness (QED) is 0.641. The first kappa shape index (κ1) is 9.19. The van der Waals surface area contributed by atoms with Crippen molar-refractivity contribution in [1.29, 1.82) is 0 Å². The van der Waals surface area contributed by atoms with Crippen molar-refractivity contribution in [2.45, 2.75) is 6.42 Å². The number of hydrogen-bond donors (Lipinski definition) is 2. The van der Waals surface area contributed by atoms with E-state index in [1.807, 2.05) is 0 Å². The van der Waals surface area contributed by atoms with E-state index < -0.39 is 5.97 Å². The first-order valence-corrected chi connectivity index (χ1v) is 3.98. The second kappa shape index (κ2) is 3.40. The Labute approximate surface area is 83.2 Å². The van der Waals surface area contributed by atoms with Gasteiger partial charge in [0.15, 0.2) is 17.2 Å². The second-order valence-electron chi connectivity index (χ2n) is 2.73. The van der Waals surface area contributed by atoms with E-state index >= 15 is 0 Å². The predicted octanol–water partition coefficient (Wildman–Crippen LogP) is -0.976. The SMILES string of the molecule is Nc1ncnc2nnc(CC(=O)O)nc12. The number of rotatable bonds is 2. The monoisotopic (exact) mass is 206 g/mol. The average Bonchev–Trinajstić information content (AvgIpc) is 2.18. The number of nitrogens with two attached hydrogens (primary N) is 1. The molecule has 0 aliphatic rings. The van der Waals surface area contributed by atoms with Crippen LogP contribution in [-0.2, 0) is 11.2 Å². The topological polar surface area (TPSA) is 128 Å². The van der Waals surface area contributed by atoms with Crippen LogP contribution in [0.5, 0.6) is 0 Å². The zero-order valence-electron chi connectivity index (χ0n) is 7.45. The summed E-state index contributed by atoms with van der Waals surface area (Å²) in [5.74, 6) is -0.801. The number of fused-ring (bicyclic) bond motifs is 1. The Hall–Kier alpha value is -2.38. The van der Waals surface area contributed by atoms with Crippen LogP contribution in [-0.4, -0.2) is 36.2 Å². The molecule has 2 aromatic heterocycles. The van der Waals surface area contributed by atoms with E-state index in [2.05, 4.69) is 25.1 Å². The van der Waals surface area contributed by atoms with E-state index in [4.69, 9.17) is 10.8 Å². The smallest absolute Gasteiger partial charge is 0.311 e. The van der Waals surface area contributed by atoms with Gasteiger partial charge in [0.1, 0.15) is 12.7 Å². The van der Waals surface area contributed by atoms with Crippen molar-refractivity contribution in [3.05, 3.63) is 12.2 Å². The first-order valence-electron chi connectivity index (χ1n) is 3.98. The third-order valence-corrected chi connectivity index (χ3v) is 1.64. The molecule has 0 saturated carbocycles. The minimum atomic E-state index is -1.04. The number of nitrogens with zero attached hydrogens (tertiary/aromatic N) is 5. The molecule has 0 aliphatic heterocycles. The summed E-state index contributed by atoms with van der Waals surface area (Å²) in [5.41, 5.74) is 6.04. The van der Waals surface area contributed by atoms with Crippen molar-refractivity contribution in [3.63, 3.8) is 0 Å². The lowest BCUT2D eigenvalue weighted by Crippen LogP contribution is -2.08. The Morgan fingerprint density at radius 1 is 1.40 bits per heavy atom. The van der Waals surface area contributed by atoms with Crippen molar-refractivity contribution >= 4 is 23.0 Å². The Bertz CT molecular complexity index is 528. The number of nitrogen functional groups attached to an aromatic ring is 1. The number of carboxylic acids is 1. The standard InChI is InChI=1S/C7H6N6O2/c8-6-5-7(10-2-9-6)13-12-3(11-5)1-4(14)15/h2H,1H2,(H,14,15)(H2,8,9,10,13). The van der Waals surface area contributed by atoms with Gasteiger partial charge in [0.25, 0.3) is 0 Å². The molecule has 15 heavy (non-hydrogen) atoms. The van der Waals surface area contributed by atoms with Gasteiger partial charge in [0.05, 0.1) is 0 Å². The Morgan fingerprint density at radius 2 is 2.20 bits per heavy atom. The van der Waals surface area contributed by atoms with E-state index in [-0.39, 0.29) is 29.2 Å². The van der Waals surface area contributed by atoms with Crippen LogP contribution < -0.4 is 5.73 Å². The van der Waals surface area contributed by atoms with Gasteiger partial charge in [-0.05, 0) is 0 Å². The Kier molecular flexibility index (Phi) is 2.08. The van der Waals surface area contributed by atoms with Crippen molar-refractivity contribution in [3.8, 4) is 0 Å². The molecule has 0 aromatic carbocycles. The lowest BCUT2D eigenvalue weighted by atomic mass is 10.4. The van der Waals surface area contributed by atoms with Crippen LogP contribution in [0.2, 0.25) is 0 Å². The maximum Gasteiger partial charge on any atom is 0.311 e. The van der Waals surface area contributed by atoms with Crippen LogP contribution in [0.25, 0.3) is 11.2 Å². The fraction of sp³-hybridized carbons (Fsp3) is 0.143. The molecule has 0 saturated heterocycles. The Balaban J connectivity index is 2.54. The highest BCUT2D eigenvalue weighted by atomic mass is 16.4. The summed E-state index contributed by atoms with van der Waals surface area (Å²) in [7, 11) is 0. The van der Waals surface area contributed by atoms with Crippen LogP contribution in [0.15, 0.2) is 6.33 Å². The molecular formula is C7H6N6O2. The Morgan fingerprint density at radius 3 is 2.93 bits per heavy atom. The van der Waals surface area contributed by atoms with Gasteiger partial charge in [-0.25, -0.2) is 15.0 Å². The summed E-state index contributed by atoms with van der Waals surface area (Å²) in [5, 5.41) is 15.8. The molecule has 0 radical (unpaired) electrons. The van der Waals surface area contributed by atoms with Crippen LogP contribution in [0.4, 0.5) is 5.82 Å². The lowest BCUT2D eigenvalue weighted by molar-refractivity contribution is -0.136. The summed E-state index contributed by atoms with van der Waals surface area (Å²) in [4.78, 5) is 21.8. The van der Waals surface area contributed by atoms with Gasteiger partial charge in [0.2, 0.25) is 5.65 Å². The minimum absolute atomic E-state index is 0.0801. The molecule has 0 fully saturated rings. The molecule has 8 nitrogen and oxygen atoms in total. The van der Waals surface area contributed by atoms with E-state index in [1.54, 1.807) is 0 Å². The third-order valence-electron chi connectivity index (χ3n) is 1.64. The van der Waals surface area contributed by atoms with Gasteiger partial charge in [-0.15, -0.1) is 10.2 Å². The number of aliphatic carboxylic acids is 1. The van der Waals surface area contributed by atoms with Gasteiger partial charge in [-0.3, -0.25) is 4.79 Å². The average molecular weight is 206 g/mol. The van der Waals surface area contributed by atoms with Crippen molar-refractivity contribution in [2.24, 2.45) is 0 Å². The summed E-state index contributed by atoms with van der Waals surface area (Å²) in [6.45, 7) is 0. The first-order chi connectivity index (χ1) is 7.16. The molecule has 2 rings (SSSR count). The van der Waals surface area contributed by atoms with Gasteiger partial charge in [-0.2, -0.15) is 0 Å². The van der Waals surface area contributed by atoms with E-state index in [9.17, 15) is 4.79 Å². The minimum Gasteiger partial charge on any atom is -0.481 e. The molecule has 0 unspecified atom stereocenters. The lowest BCUT2D eigenvalue weighted by Gasteiger charge is -1.99. The van der Waals surface area contributed by atoms with E-state index in [0.717, 1.165) is 0 Å². The normalized spacial score (nSPS) is 10.4. The van der Waals surface area contributed by atoms with Gasteiger partial charge < -0.3 is 10.8 Å². The summed E-state index contributed by atoms with van der Waals surface area (Å²) < 4.78 is 0.